The van der Waals surface area contributed by atoms with Crippen molar-refractivity contribution in [2.24, 2.45) is 0 Å². The van der Waals surface area contributed by atoms with E-state index in [1.54, 1.807) is 30.6 Å². The van der Waals surface area contributed by atoms with Crippen LogP contribution in [0.1, 0.15) is 22.2 Å². The van der Waals surface area contributed by atoms with Crippen LogP contribution >= 0.6 is 11.3 Å². The monoisotopic (exact) mass is 527 g/mol. The van der Waals surface area contributed by atoms with Crippen LogP contribution < -0.4 is 19.7 Å². The molecule has 5 rings (SSSR count). The van der Waals surface area contributed by atoms with Crippen LogP contribution in [-0.4, -0.2) is 44.1 Å². The largest absolute Gasteiger partial charge is 0.497 e. The molecule has 0 atom stereocenters. The average Bonchev–Trinajstić information content (AvgIpc) is 3.52. The van der Waals surface area contributed by atoms with E-state index in [4.69, 9.17) is 9.47 Å². The fourth-order valence-electron chi connectivity index (χ4n) is 4.42. The number of anilines is 2. The topological polar surface area (TPSA) is 54.0 Å². The third-order valence-electron chi connectivity index (χ3n) is 6.61. The third kappa shape index (κ3) is 6.18. The summed E-state index contributed by atoms with van der Waals surface area (Å²) in [5.74, 6) is 1.34. The number of methoxy groups -OCH3 is 1. The van der Waals surface area contributed by atoms with Crippen LogP contribution in [0.3, 0.4) is 0 Å². The van der Waals surface area contributed by atoms with E-state index >= 15 is 0 Å². The Hall–Kier alpha value is -4.23. The summed E-state index contributed by atoms with van der Waals surface area (Å²) in [5, 5.41) is 5.07. The van der Waals surface area contributed by atoms with Gasteiger partial charge in [0.05, 0.1) is 7.11 Å². The summed E-state index contributed by atoms with van der Waals surface area (Å²) in [6.07, 6.45) is 0. The summed E-state index contributed by atoms with van der Waals surface area (Å²) in [6.45, 7) is 8.45. The first-order valence-corrected chi connectivity index (χ1v) is 13.5. The zero-order chi connectivity index (χ0) is 26.3. The van der Waals surface area contributed by atoms with Gasteiger partial charge >= 0.3 is 0 Å². The Bertz CT molecular complexity index is 1370. The number of benzene rings is 3. The maximum absolute atomic E-state index is 12.8. The molecule has 0 bridgehead atoms. The Morgan fingerprint density at radius 3 is 2.39 bits per heavy atom. The fourth-order valence-corrected chi connectivity index (χ4v) is 5.15. The van der Waals surface area contributed by atoms with Crippen LogP contribution in [0.4, 0.5) is 11.4 Å². The lowest BCUT2D eigenvalue weighted by molar-refractivity contribution is 0.102. The Labute approximate surface area is 229 Å². The van der Waals surface area contributed by atoms with Crippen LogP contribution in [0.25, 0.3) is 5.70 Å². The van der Waals surface area contributed by atoms with Crippen molar-refractivity contribution in [3.63, 3.8) is 0 Å². The SMILES string of the molecule is C=C(c1cccs1)N1CCN(c2ccc(NC(=O)c3ccc(OCc4cccc(OC)c4)cc3)cc2)CC1.[HH]. The molecule has 38 heavy (non-hydrogen) atoms. The highest BCUT2D eigenvalue weighted by atomic mass is 32.1. The standard InChI is InChI=1S/C31H31N3O3S.H2/c1-23(30-7-4-20-38-30)33-16-18-34(19-17-33)27-12-10-26(11-13-27)32-31(35)25-8-14-28(15-9-25)37-22-24-5-3-6-29(21-24)36-2;/h3-15,20-21H,1,16-19,22H2,2H3,(H,32,35);1H. The van der Waals surface area contributed by atoms with Crippen LogP contribution in [-0.2, 0) is 6.61 Å². The smallest absolute Gasteiger partial charge is 0.255 e. The first-order chi connectivity index (χ1) is 18.6. The molecule has 0 spiro atoms. The van der Waals surface area contributed by atoms with Crippen molar-refractivity contribution >= 4 is 34.3 Å². The van der Waals surface area contributed by atoms with Gasteiger partial charge in [0.15, 0.2) is 0 Å². The highest BCUT2D eigenvalue weighted by Crippen LogP contribution is 2.26. The van der Waals surface area contributed by atoms with Crippen LogP contribution in [0, 0.1) is 0 Å². The highest BCUT2D eigenvalue weighted by molar-refractivity contribution is 7.11. The number of thiophene rings is 1. The summed E-state index contributed by atoms with van der Waals surface area (Å²) in [7, 11) is 1.64. The number of piperazine rings is 1. The second kappa shape index (κ2) is 11.9. The van der Waals surface area contributed by atoms with Gasteiger partial charge in [-0.05, 0) is 77.7 Å². The molecule has 1 saturated heterocycles. The van der Waals surface area contributed by atoms with Crippen LogP contribution in [0.2, 0.25) is 0 Å². The fraction of sp³-hybridized carbons (Fsp3) is 0.194. The molecule has 1 aliphatic rings. The van der Waals surface area contributed by atoms with Gasteiger partial charge in [0.1, 0.15) is 18.1 Å². The predicted octanol–water partition coefficient (Wildman–Crippen LogP) is 6.63. The van der Waals surface area contributed by atoms with Gasteiger partial charge in [0.2, 0.25) is 0 Å². The molecule has 0 saturated carbocycles. The number of hydrogen-bond acceptors (Lipinski definition) is 6. The van der Waals surface area contributed by atoms with Crippen molar-refractivity contribution in [3.8, 4) is 11.5 Å². The average molecular weight is 528 g/mol. The van der Waals surface area contributed by atoms with Crippen LogP contribution in [0.15, 0.2) is 96.9 Å². The first-order valence-electron chi connectivity index (χ1n) is 12.6. The molecule has 0 unspecified atom stereocenters. The lowest BCUT2D eigenvalue weighted by Crippen LogP contribution is -2.45. The summed E-state index contributed by atoms with van der Waals surface area (Å²) in [6, 6.07) is 27.1. The molecule has 0 aliphatic carbocycles. The molecule has 1 fully saturated rings. The zero-order valence-corrected chi connectivity index (χ0v) is 22.2. The van der Waals surface area contributed by atoms with E-state index in [0.29, 0.717) is 17.9 Å². The van der Waals surface area contributed by atoms with Crippen molar-refractivity contribution in [2.75, 3.05) is 43.5 Å². The molecule has 7 heteroatoms. The van der Waals surface area contributed by atoms with E-state index in [1.807, 2.05) is 48.5 Å². The molecule has 196 valence electrons. The van der Waals surface area contributed by atoms with Gasteiger partial charge in [-0.1, -0.05) is 24.8 Å². The lowest BCUT2D eigenvalue weighted by atomic mass is 10.2. The molecule has 3 aromatic carbocycles. The second-order valence-corrected chi connectivity index (χ2v) is 10.0. The van der Waals surface area contributed by atoms with E-state index < -0.39 is 0 Å². The summed E-state index contributed by atoms with van der Waals surface area (Å²) < 4.78 is 11.1. The summed E-state index contributed by atoms with van der Waals surface area (Å²) in [5.41, 5.74) is 4.61. The van der Waals surface area contributed by atoms with Crippen molar-refractivity contribution in [1.29, 1.82) is 0 Å². The predicted molar refractivity (Wildman–Crippen MR) is 157 cm³/mol. The summed E-state index contributed by atoms with van der Waals surface area (Å²) in [4.78, 5) is 18.7. The molecule has 2 heterocycles. The van der Waals surface area contributed by atoms with E-state index in [1.165, 1.54) is 4.88 Å². The number of nitrogens with zero attached hydrogens (tertiary/aromatic N) is 2. The molecular formula is C31H33N3O3S. The van der Waals surface area contributed by atoms with Crippen molar-refractivity contribution in [1.82, 2.24) is 4.90 Å². The normalized spacial score (nSPS) is 13.2. The zero-order valence-electron chi connectivity index (χ0n) is 21.4. The minimum absolute atomic E-state index is 0. The van der Waals surface area contributed by atoms with Crippen molar-refractivity contribution < 1.29 is 15.7 Å². The first kappa shape index (κ1) is 25.4. The van der Waals surface area contributed by atoms with E-state index in [2.05, 4.69) is 51.3 Å². The van der Waals surface area contributed by atoms with Gasteiger partial charge in [-0.15, -0.1) is 11.3 Å². The summed E-state index contributed by atoms with van der Waals surface area (Å²) >= 11 is 1.73. The molecule has 4 aromatic rings. The van der Waals surface area contributed by atoms with Gasteiger partial charge in [-0.25, -0.2) is 0 Å². The number of carbonyl (C=O) groups excluding carboxylic acids is 1. The Kier molecular flexibility index (Phi) is 7.95. The Morgan fingerprint density at radius 2 is 1.71 bits per heavy atom. The van der Waals surface area contributed by atoms with E-state index in [0.717, 1.165) is 54.6 Å². The molecule has 1 aromatic heterocycles. The molecular weight excluding hydrogens is 494 g/mol. The number of nitrogens with one attached hydrogen (secondary N) is 1. The van der Waals surface area contributed by atoms with Gasteiger partial charge < -0.3 is 24.6 Å². The number of amides is 1. The Morgan fingerprint density at radius 1 is 0.947 bits per heavy atom. The Balaban J connectivity index is 0.00000353. The van der Waals surface area contributed by atoms with Gasteiger partial charge in [-0.2, -0.15) is 0 Å². The van der Waals surface area contributed by atoms with Crippen molar-refractivity contribution in [2.45, 2.75) is 6.61 Å². The second-order valence-electron chi connectivity index (χ2n) is 9.06. The minimum Gasteiger partial charge on any atom is -0.497 e. The van der Waals surface area contributed by atoms with Crippen LogP contribution in [0.5, 0.6) is 11.5 Å². The minimum atomic E-state index is -0.155. The molecule has 1 aliphatic heterocycles. The maximum Gasteiger partial charge on any atom is 0.255 e. The number of rotatable bonds is 9. The van der Waals surface area contributed by atoms with Gasteiger partial charge in [0, 0.05) is 55.1 Å². The highest BCUT2D eigenvalue weighted by Gasteiger charge is 2.19. The van der Waals surface area contributed by atoms with Gasteiger partial charge in [0.25, 0.3) is 5.91 Å². The van der Waals surface area contributed by atoms with E-state index in [9.17, 15) is 4.79 Å². The van der Waals surface area contributed by atoms with Gasteiger partial charge in [-0.3, -0.25) is 4.79 Å². The third-order valence-corrected chi connectivity index (χ3v) is 7.53. The lowest BCUT2D eigenvalue weighted by Gasteiger charge is -2.38. The van der Waals surface area contributed by atoms with Crippen molar-refractivity contribution in [3.05, 3.63) is 113 Å². The van der Waals surface area contributed by atoms with E-state index in [-0.39, 0.29) is 7.33 Å². The number of ether oxygens (including phenoxy) is 2. The number of hydrogen-bond donors (Lipinski definition) is 1. The molecule has 0 radical (unpaired) electrons. The number of carbonyl (C=O) groups is 1. The quantitative estimate of drug-likeness (QED) is 0.265. The molecule has 1 N–H and O–H groups in total. The molecule has 6 nitrogen and oxygen atoms in total. The maximum atomic E-state index is 12.8. The molecule has 1 amide bonds.